The van der Waals surface area contributed by atoms with Crippen molar-refractivity contribution in [1.29, 1.82) is 0 Å². The lowest BCUT2D eigenvalue weighted by Gasteiger charge is -2.36. The first kappa shape index (κ1) is 48.2. The number of ether oxygens (including phenoxy) is 3. The van der Waals surface area contributed by atoms with E-state index in [1.165, 1.54) is 77.0 Å². The molecule has 0 saturated carbocycles. The fraction of sp³-hybridized carbons (Fsp3) is 0.860. The first-order chi connectivity index (χ1) is 25.2. The third-order valence-electron chi connectivity index (χ3n) is 9.97. The van der Waals surface area contributed by atoms with Crippen LogP contribution in [0.15, 0.2) is 24.3 Å². The van der Waals surface area contributed by atoms with Crippen molar-refractivity contribution in [2.45, 2.75) is 212 Å². The molecule has 1 aliphatic heterocycles. The summed E-state index contributed by atoms with van der Waals surface area (Å²) in [7, 11) is 0. The minimum Gasteiger partial charge on any atom is -0.462 e. The van der Waals surface area contributed by atoms with Gasteiger partial charge in [-0.25, -0.2) is 0 Å². The van der Waals surface area contributed by atoms with E-state index in [2.05, 4.69) is 20.8 Å². The van der Waals surface area contributed by atoms with E-state index in [0.717, 1.165) is 44.4 Å². The topological polar surface area (TPSA) is 143 Å². The van der Waals surface area contributed by atoms with Crippen LogP contribution in [0.25, 0.3) is 0 Å². The van der Waals surface area contributed by atoms with Crippen molar-refractivity contribution in [2.75, 3.05) is 13.2 Å². The zero-order valence-corrected chi connectivity index (χ0v) is 33.3. The molecule has 0 amide bonds. The second-order valence-electron chi connectivity index (χ2n) is 15.4. The number of hydrogen-bond donors (Lipinski definition) is 4. The Kier molecular flexibility index (Phi) is 30.3. The molecule has 0 radical (unpaired) electrons. The molecule has 0 spiro atoms. The number of esters is 2. The van der Waals surface area contributed by atoms with Crippen molar-refractivity contribution in [3.8, 4) is 0 Å². The van der Waals surface area contributed by atoms with Gasteiger partial charge in [-0.2, -0.15) is 0 Å². The second kappa shape index (κ2) is 32.6. The number of aliphatic hydroxyl groups excluding tert-OH is 4. The maximum Gasteiger partial charge on any atom is 0.306 e. The van der Waals surface area contributed by atoms with Crippen molar-refractivity contribution in [3.63, 3.8) is 0 Å². The van der Waals surface area contributed by atoms with E-state index in [0.29, 0.717) is 32.1 Å². The molecule has 9 nitrogen and oxygen atoms in total. The van der Waals surface area contributed by atoms with E-state index in [1.807, 2.05) is 12.2 Å². The van der Waals surface area contributed by atoms with Crippen LogP contribution in [0.2, 0.25) is 0 Å². The second-order valence-corrected chi connectivity index (χ2v) is 15.4. The highest BCUT2D eigenvalue weighted by Gasteiger charge is 2.35. The predicted octanol–water partition coefficient (Wildman–Crippen LogP) is 9.03. The molecule has 0 aromatic carbocycles. The van der Waals surface area contributed by atoms with Crippen LogP contribution >= 0.6 is 0 Å². The summed E-state index contributed by atoms with van der Waals surface area (Å²) >= 11 is 0. The lowest BCUT2D eigenvalue weighted by atomic mass is 9.87. The molecule has 304 valence electrons. The summed E-state index contributed by atoms with van der Waals surface area (Å²) in [4.78, 5) is 24.5. The van der Waals surface area contributed by atoms with Crippen molar-refractivity contribution < 1.29 is 44.2 Å². The smallest absolute Gasteiger partial charge is 0.306 e. The van der Waals surface area contributed by atoms with Gasteiger partial charge in [-0.15, -0.1) is 0 Å². The van der Waals surface area contributed by atoms with Gasteiger partial charge in [-0.05, 0) is 38.0 Å². The Balaban J connectivity index is 2.11. The van der Waals surface area contributed by atoms with Crippen molar-refractivity contribution in [3.05, 3.63) is 24.3 Å². The zero-order chi connectivity index (χ0) is 38.2. The van der Waals surface area contributed by atoms with E-state index < -0.39 is 43.3 Å². The Bertz CT molecular complexity index is 920. The average Bonchev–Trinajstić information content (AvgIpc) is 3.11. The summed E-state index contributed by atoms with van der Waals surface area (Å²) in [5, 5.41) is 40.4. The molecular formula is C43H78O9. The van der Waals surface area contributed by atoms with Crippen LogP contribution < -0.4 is 0 Å². The fourth-order valence-corrected chi connectivity index (χ4v) is 6.66. The maximum atomic E-state index is 12.3. The molecule has 1 fully saturated rings. The maximum absolute atomic E-state index is 12.3. The van der Waals surface area contributed by atoms with Gasteiger partial charge < -0.3 is 34.6 Å². The number of hydrogen-bond acceptors (Lipinski definition) is 9. The van der Waals surface area contributed by atoms with Gasteiger partial charge in [0.25, 0.3) is 0 Å². The van der Waals surface area contributed by atoms with Crippen LogP contribution in [0.3, 0.4) is 0 Å². The van der Waals surface area contributed by atoms with E-state index in [-0.39, 0.29) is 31.3 Å². The lowest BCUT2D eigenvalue weighted by molar-refractivity contribution is -0.199. The third kappa shape index (κ3) is 26.9. The highest BCUT2D eigenvalue weighted by Crippen LogP contribution is 2.29. The van der Waals surface area contributed by atoms with Crippen LogP contribution in [0.1, 0.15) is 181 Å². The molecule has 1 heterocycles. The van der Waals surface area contributed by atoms with E-state index in [4.69, 9.17) is 14.2 Å². The molecule has 1 unspecified atom stereocenters. The molecular weight excluding hydrogens is 660 g/mol. The number of unbranched alkanes of at least 4 members (excludes halogenated alkanes) is 16. The van der Waals surface area contributed by atoms with E-state index in [1.54, 1.807) is 12.2 Å². The van der Waals surface area contributed by atoms with Gasteiger partial charge in [-0.3, -0.25) is 9.59 Å². The van der Waals surface area contributed by atoms with Gasteiger partial charge in [0.1, 0.15) is 6.61 Å². The standard InChI is InChI=1S/C43H78O9/c1-4-5-20-26-36(45)30-31-40-38(39(46)32-43(49)52-40)27-22-18-19-24-29-42(48)51-37(33-44)34-50-41(47)28-23-17-15-13-11-9-7-6-8-10-12-14-16-21-25-35(2)3/h18,22,30-31,35-40,43-46,49H,4-17,19-21,23-29,32-34H2,1-3H3/b22-18-,31-30+/t36-,37-,38-,39-,40+,43?/m0/s1. The average molecular weight is 739 g/mol. The molecule has 0 aromatic heterocycles. The van der Waals surface area contributed by atoms with E-state index >= 15 is 0 Å². The van der Waals surface area contributed by atoms with Gasteiger partial charge >= 0.3 is 11.9 Å². The van der Waals surface area contributed by atoms with Crippen LogP contribution in [-0.4, -0.2) is 76.3 Å². The number of carbonyl (C=O) groups excluding carboxylic acids is 2. The summed E-state index contributed by atoms with van der Waals surface area (Å²) < 4.78 is 16.2. The molecule has 6 atom stereocenters. The third-order valence-corrected chi connectivity index (χ3v) is 9.97. The highest BCUT2D eigenvalue weighted by atomic mass is 16.6. The molecule has 0 bridgehead atoms. The van der Waals surface area contributed by atoms with Crippen molar-refractivity contribution >= 4 is 11.9 Å². The van der Waals surface area contributed by atoms with E-state index in [9.17, 15) is 30.0 Å². The van der Waals surface area contributed by atoms with Crippen LogP contribution in [0, 0.1) is 11.8 Å². The summed E-state index contributed by atoms with van der Waals surface area (Å²) in [6, 6.07) is 0. The number of allylic oxidation sites excluding steroid dienone is 2. The Morgan fingerprint density at radius 1 is 0.769 bits per heavy atom. The normalized spacial score (nSPS) is 20.5. The fourth-order valence-electron chi connectivity index (χ4n) is 6.66. The van der Waals surface area contributed by atoms with Gasteiger partial charge in [0.05, 0.1) is 24.9 Å². The Morgan fingerprint density at radius 3 is 1.94 bits per heavy atom. The van der Waals surface area contributed by atoms with Crippen LogP contribution in [0.5, 0.6) is 0 Å². The van der Waals surface area contributed by atoms with Crippen LogP contribution in [0.4, 0.5) is 0 Å². The lowest BCUT2D eigenvalue weighted by Crippen LogP contribution is -2.43. The minimum absolute atomic E-state index is 0.133. The number of aliphatic hydroxyl groups is 4. The molecule has 1 aliphatic rings. The summed E-state index contributed by atoms with van der Waals surface area (Å²) in [5.41, 5.74) is 0. The molecule has 4 N–H and O–H groups in total. The summed E-state index contributed by atoms with van der Waals surface area (Å²) in [5.74, 6) is -0.209. The number of rotatable bonds is 33. The first-order valence-corrected chi connectivity index (χ1v) is 21.1. The van der Waals surface area contributed by atoms with Gasteiger partial charge in [0.2, 0.25) is 0 Å². The molecule has 0 aliphatic carbocycles. The van der Waals surface area contributed by atoms with Gasteiger partial charge in [0.15, 0.2) is 12.4 Å². The minimum atomic E-state index is -1.05. The molecule has 1 rings (SSSR count). The van der Waals surface area contributed by atoms with Crippen LogP contribution in [-0.2, 0) is 23.8 Å². The van der Waals surface area contributed by atoms with Gasteiger partial charge in [-0.1, -0.05) is 154 Å². The van der Waals surface area contributed by atoms with Gasteiger partial charge in [0, 0.05) is 25.2 Å². The zero-order valence-electron chi connectivity index (χ0n) is 33.3. The number of carbonyl (C=O) groups is 2. The Labute approximate surface area is 317 Å². The van der Waals surface area contributed by atoms with Crippen molar-refractivity contribution in [1.82, 2.24) is 0 Å². The largest absolute Gasteiger partial charge is 0.462 e. The summed E-state index contributed by atoms with van der Waals surface area (Å²) in [6.45, 7) is 6.16. The Hall–Kier alpha value is -1.78. The molecule has 1 saturated heterocycles. The SMILES string of the molecule is CCCCC[C@H](O)/C=C/[C@H]1OC(O)C[C@H](O)[C@@H]1C/C=C\CCCC(=O)O[C@@H](CO)COC(=O)CCCCCCCCCCCCCCCCC(C)C. The Morgan fingerprint density at radius 2 is 1.35 bits per heavy atom. The quantitative estimate of drug-likeness (QED) is 0.0295. The monoisotopic (exact) mass is 739 g/mol. The predicted molar refractivity (Wildman–Crippen MR) is 209 cm³/mol. The highest BCUT2D eigenvalue weighted by molar-refractivity contribution is 5.70. The summed E-state index contributed by atoms with van der Waals surface area (Å²) in [6.07, 6.45) is 28.6. The first-order valence-electron chi connectivity index (χ1n) is 21.1. The molecule has 52 heavy (non-hydrogen) atoms. The molecule has 0 aromatic rings. The molecule has 9 heteroatoms. The van der Waals surface area contributed by atoms with Crippen molar-refractivity contribution in [2.24, 2.45) is 11.8 Å².